The number of alkyl halides is 3. The van der Waals surface area contributed by atoms with Crippen LogP contribution in [0.1, 0.15) is 15.9 Å². The molecule has 3 N–H and O–H groups in total. The van der Waals surface area contributed by atoms with Gasteiger partial charge in [0.25, 0.3) is 0 Å². The third-order valence-electron chi connectivity index (χ3n) is 2.58. The molecule has 1 aromatic carbocycles. The quantitative estimate of drug-likeness (QED) is 0.832. The highest BCUT2D eigenvalue weighted by Gasteiger charge is 2.35. The van der Waals surface area contributed by atoms with E-state index in [2.05, 4.69) is 9.97 Å². The number of nitrogens with two attached hydrogens (primary N) is 1. The Bertz CT molecular complexity index is 716. The maximum Gasteiger partial charge on any atom is 0.417 e. The lowest BCUT2D eigenvalue weighted by Gasteiger charge is -2.12. The van der Waals surface area contributed by atoms with Crippen molar-refractivity contribution < 1.29 is 27.5 Å². The summed E-state index contributed by atoms with van der Waals surface area (Å²) in [5.41, 5.74) is 3.16. The molecule has 1 aromatic heterocycles. The van der Waals surface area contributed by atoms with E-state index in [0.29, 0.717) is 6.07 Å². The van der Waals surface area contributed by atoms with Gasteiger partial charge >= 0.3 is 12.1 Å². The molecule has 0 spiro atoms. The number of nitrogen functional groups attached to an aromatic ring is 1. The Morgan fingerprint density at radius 1 is 1.29 bits per heavy atom. The minimum atomic E-state index is -4.82. The van der Waals surface area contributed by atoms with Crippen LogP contribution in [-0.2, 0) is 6.18 Å². The van der Waals surface area contributed by atoms with Gasteiger partial charge in [-0.1, -0.05) is 0 Å². The average molecular weight is 301 g/mol. The molecule has 0 radical (unpaired) electrons. The fourth-order valence-corrected chi connectivity index (χ4v) is 1.64. The minimum absolute atomic E-state index is 0.306. The number of rotatable bonds is 2. The average Bonchev–Trinajstić information content (AvgIpc) is 2.37. The molecule has 0 aliphatic rings. The van der Waals surface area contributed by atoms with Crippen LogP contribution in [0.15, 0.2) is 24.4 Å². The van der Waals surface area contributed by atoms with Crippen molar-refractivity contribution in [1.29, 1.82) is 0 Å². The van der Waals surface area contributed by atoms with E-state index in [-0.39, 0.29) is 0 Å². The van der Waals surface area contributed by atoms with Crippen molar-refractivity contribution >= 4 is 11.8 Å². The van der Waals surface area contributed by atoms with Crippen molar-refractivity contribution in [2.75, 3.05) is 5.73 Å². The van der Waals surface area contributed by atoms with Crippen molar-refractivity contribution in [1.82, 2.24) is 9.97 Å². The molecular formula is C12H7F4N3O2. The molecule has 1 heterocycles. The number of carbonyl (C=O) groups is 1. The third kappa shape index (κ3) is 2.91. The predicted octanol–water partition coefficient (Wildman–Crippen LogP) is 2.58. The Hall–Kier alpha value is -2.71. The molecule has 9 heteroatoms. The molecule has 0 saturated heterocycles. The standard InChI is InChI=1S/C12H7F4N3O2/c13-5-1-2-6(8(3-5)12(14,15)16)10-18-4-7(11(20)21)9(17)19-10/h1-4H,(H,20,21)(H2,17,18,19). The van der Waals surface area contributed by atoms with Crippen LogP contribution in [0.25, 0.3) is 11.4 Å². The highest BCUT2D eigenvalue weighted by atomic mass is 19.4. The molecule has 0 amide bonds. The molecule has 21 heavy (non-hydrogen) atoms. The summed E-state index contributed by atoms with van der Waals surface area (Å²) in [5.74, 6) is -3.40. The van der Waals surface area contributed by atoms with Crippen molar-refractivity contribution in [3.63, 3.8) is 0 Å². The number of carboxylic acids is 1. The number of nitrogens with zero attached hydrogens (tertiary/aromatic N) is 2. The van der Waals surface area contributed by atoms with Crippen molar-refractivity contribution in [2.24, 2.45) is 0 Å². The van der Waals surface area contributed by atoms with Gasteiger partial charge in [-0.05, 0) is 18.2 Å². The van der Waals surface area contributed by atoms with Crippen LogP contribution in [0.4, 0.5) is 23.4 Å². The third-order valence-corrected chi connectivity index (χ3v) is 2.58. The Kier molecular flexibility index (Phi) is 3.50. The van der Waals surface area contributed by atoms with Gasteiger partial charge in [0, 0.05) is 11.8 Å². The predicted molar refractivity (Wildman–Crippen MR) is 63.8 cm³/mol. The van der Waals surface area contributed by atoms with Crippen molar-refractivity contribution in [2.45, 2.75) is 6.18 Å². The fraction of sp³-hybridized carbons (Fsp3) is 0.0833. The van der Waals surface area contributed by atoms with E-state index in [1.807, 2.05) is 0 Å². The van der Waals surface area contributed by atoms with E-state index in [1.54, 1.807) is 0 Å². The maximum atomic E-state index is 13.0. The van der Waals surface area contributed by atoms with Crippen LogP contribution < -0.4 is 5.73 Å². The second-order valence-electron chi connectivity index (χ2n) is 3.99. The maximum absolute atomic E-state index is 13.0. The van der Waals surface area contributed by atoms with Gasteiger partial charge in [-0.2, -0.15) is 13.2 Å². The van der Waals surface area contributed by atoms with E-state index in [9.17, 15) is 22.4 Å². The van der Waals surface area contributed by atoms with E-state index in [1.165, 1.54) is 0 Å². The molecule has 0 atom stereocenters. The van der Waals surface area contributed by atoms with Gasteiger partial charge in [0.05, 0.1) is 5.56 Å². The Balaban J connectivity index is 2.62. The molecule has 0 aliphatic carbocycles. The van der Waals surface area contributed by atoms with E-state index >= 15 is 0 Å². The molecule has 0 aliphatic heterocycles. The summed E-state index contributed by atoms with van der Waals surface area (Å²) in [6, 6.07) is 1.97. The van der Waals surface area contributed by atoms with Gasteiger partial charge in [-0.25, -0.2) is 19.2 Å². The van der Waals surface area contributed by atoms with Gasteiger partial charge in [-0.3, -0.25) is 0 Å². The second-order valence-corrected chi connectivity index (χ2v) is 3.99. The Morgan fingerprint density at radius 3 is 2.48 bits per heavy atom. The molecule has 0 fully saturated rings. The molecule has 0 saturated carbocycles. The van der Waals surface area contributed by atoms with E-state index in [4.69, 9.17) is 10.8 Å². The number of benzene rings is 1. The normalized spacial score (nSPS) is 11.4. The van der Waals surface area contributed by atoms with Crippen LogP contribution in [0, 0.1) is 5.82 Å². The van der Waals surface area contributed by atoms with Crippen molar-refractivity contribution in [3.8, 4) is 11.4 Å². The molecule has 0 unspecified atom stereocenters. The zero-order valence-corrected chi connectivity index (χ0v) is 10.1. The summed E-state index contributed by atoms with van der Waals surface area (Å²) in [6.45, 7) is 0. The summed E-state index contributed by atoms with van der Waals surface area (Å²) < 4.78 is 51.6. The monoisotopic (exact) mass is 301 g/mol. The number of hydrogen-bond donors (Lipinski definition) is 2. The summed E-state index contributed by atoms with van der Waals surface area (Å²) in [6.07, 6.45) is -4.02. The van der Waals surface area contributed by atoms with Crippen LogP contribution in [0.5, 0.6) is 0 Å². The van der Waals surface area contributed by atoms with Gasteiger partial charge in [0.15, 0.2) is 5.82 Å². The zero-order valence-electron chi connectivity index (χ0n) is 10.1. The highest BCUT2D eigenvalue weighted by molar-refractivity contribution is 5.92. The van der Waals surface area contributed by atoms with E-state index < -0.39 is 46.3 Å². The van der Waals surface area contributed by atoms with Crippen LogP contribution in [0.2, 0.25) is 0 Å². The summed E-state index contributed by atoms with van der Waals surface area (Å²) >= 11 is 0. The highest BCUT2D eigenvalue weighted by Crippen LogP contribution is 2.36. The second kappa shape index (κ2) is 5.00. The van der Waals surface area contributed by atoms with Crippen molar-refractivity contribution in [3.05, 3.63) is 41.3 Å². The van der Waals surface area contributed by atoms with Gasteiger partial charge in [0.2, 0.25) is 0 Å². The van der Waals surface area contributed by atoms with Gasteiger partial charge < -0.3 is 10.8 Å². The van der Waals surface area contributed by atoms with Crippen LogP contribution >= 0.6 is 0 Å². The Morgan fingerprint density at radius 2 is 1.95 bits per heavy atom. The van der Waals surface area contributed by atoms with E-state index in [0.717, 1.165) is 18.3 Å². The first-order valence-electron chi connectivity index (χ1n) is 5.43. The summed E-state index contributed by atoms with van der Waals surface area (Å²) in [4.78, 5) is 17.8. The number of halogens is 4. The number of aromatic carboxylic acids is 1. The SMILES string of the molecule is Nc1nc(-c2ccc(F)cc2C(F)(F)F)ncc1C(=O)O. The largest absolute Gasteiger partial charge is 0.477 e. The molecule has 2 rings (SSSR count). The topological polar surface area (TPSA) is 89.1 Å². The summed E-state index contributed by atoms with van der Waals surface area (Å²) in [5, 5.41) is 8.76. The number of hydrogen-bond acceptors (Lipinski definition) is 4. The first-order valence-corrected chi connectivity index (χ1v) is 5.43. The first-order chi connectivity index (χ1) is 9.70. The van der Waals surface area contributed by atoms with Crippen LogP contribution in [0.3, 0.4) is 0 Å². The number of anilines is 1. The number of carboxylic acid groups (broad SMARTS) is 1. The molecular weight excluding hydrogens is 294 g/mol. The number of aromatic nitrogens is 2. The fourth-order valence-electron chi connectivity index (χ4n) is 1.64. The lowest BCUT2D eigenvalue weighted by molar-refractivity contribution is -0.137. The lowest BCUT2D eigenvalue weighted by atomic mass is 10.1. The summed E-state index contributed by atoms with van der Waals surface area (Å²) in [7, 11) is 0. The molecule has 2 aromatic rings. The van der Waals surface area contributed by atoms with Crippen LogP contribution in [-0.4, -0.2) is 21.0 Å². The van der Waals surface area contributed by atoms with Gasteiger partial charge in [-0.15, -0.1) is 0 Å². The molecule has 5 nitrogen and oxygen atoms in total. The smallest absolute Gasteiger partial charge is 0.417 e. The lowest BCUT2D eigenvalue weighted by Crippen LogP contribution is -2.11. The molecule has 0 bridgehead atoms. The van der Waals surface area contributed by atoms with Gasteiger partial charge in [0.1, 0.15) is 17.2 Å². The molecule has 110 valence electrons. The minimum Gasteiger partial charge on any atom is -0.477 e. The Labute approximate surface area is 115 Å². The first kappa shape index (κ1) is 14.7. The zero-order chi connectivity index (χ0) is 15.8.